The number of esters is 1. The highest BCUT2D eigenvalue weighted by Gasteiger charge is 2.43. The smallest absolute Gasteiger partial charge is 0.407 e. The van der Waals surface area contributed by atoms with Crippen molar-refractivity contribution in [2.45, 2.75) is 64.5 Å². The molecule has 1 atom stereocenters. The van der Waals surface area contributed by atoms with Crippen LogP contribution in [0.25, 0.3) is 0 Å². The zero-order valence-corrected chi connectivity index (χ0v) is 15.3. The van der Waals surface area contributed by atoms with E-state index in [0.717, 1.165) is 12.8 Å². The van der Waals surface area contributed by atoms with Crippen LogP contribution in [0.2, 0.25) is 0 Å². The number of ether oxygens (including phenoxy) is 2. The summed E-state index contributed by atoms with van der Waals surface area (Å²) in [5.74, 6) is -0.863. The van der Waals surface area contributed by atoms with Crippen molar-refractivity contribution in [2.24, 2.45) is 5.92 Å². The van der Waals surface area contributed by atoms with Crippen LogP contribution in [0.3, 0.4) is 0 Å². The summed E-state index contributed by atoms with van der Waals surface area (Å²) < 4.78 is 9.94. The van der Waals surface area contributed by atoms with Gasteiger partial charge in [-0.1, -0.05) is 0 Å². The number of nitrogens with zero attached hydrogens (tertiary/aromatic N) is 1. The predicted molar refractivity (Wildman–Crippen MR) is 89.3 cm³/mol. The van der Waals surface area contributed by atoms with Crippen molar-refractivity contribution in [1.29, 1.82) is 5.26 Å². The largest absolute Gasteiger partial charge is 0.456 e. The van der Waals surface area contributed by atoms with Gasteiger partial charge in [-0.15, -0.1) is 0 Å². The van der Waals surface area contributed by atoms with Crippen LogP contribution in [0.5, 0.6) is 0 Å². The van der Waals surface area contributed by atoms with Gasteiger partial charge in [0.25, 0.3) is 5.91 Å². The Kier molecular flexibility index (Phi) is 7.22. The molecule has 8 nitrogen and oxygen atoms in total. The average molecular weight is 353 g/mol. The first-order valence-electron chi connectivity index (χ1n) is 8.40. The Bertz CT molecular complexity index is 545. The molecule has 0 aromatic carbocycles. The maximum atomic E-state index is 11.8. The van der Waals surface area contributed by atoms with E-state index < -0.39 is 35.7 Å². The lowest BCUT2D eigenvalue weighted by atomic mass is 9.98. The lowest BCUT2D eigenvalue weighted by Gasteiger charge is -2.22. The second-order valence-electron chi connectivity index (χ2n) is 7.33. The zero-order chi connectivity index (χ0) is 19.1. The fourth-order valence-corrected chi connectivity index (χ4v) is 2.16. The summed E-state index contributed by atoms with van der Waals surface area (Å²) in [6, 6.07) is 2.10. The maximum absolute atomic E-state index is 11.8. The fourth-order valence-electron chi connectivity index (χ4n) is 2.16. The van der Waals surface area contributed by atoms with Gasteiger partial charge in [-0.3, -0.25) is 9.59 Å². The maximum Gasteiger partial charge on any atom is 0.407 e. The van der Waals surface area contributed by atoms with E-state index in [0.29, 0.717) is 6.42 Å². The monoisotopic (exact) mass is 353 g/mol. The zero-order valence-electron chi connectivity index (χ0n) is 15.3. The van der Waals surface area contributed by atoms with Crippen molar-refractivity contribution in [3.05, 3.63) is 0 Å². The van der Waals surface area contributed by atoms with Gasteiger partial charge in [0, 0.05) is 13.0 Å². The molecule has 1 fully saturated rings. The number of hydrogen-bond acceptors (Lipinski definition) is 6. The van der Waals surface area contributed by atoms with Gasteiger partial charge >= 0.3 is 12.1 Å². The number of carbonyl (C=O) groups is 3. The second-order valence-corrected chi connectivity index (χ2v) is 7.33. The standard InChI is InChI=1S/C17H27N3O5/c1-16(2,3)25-15(23)19-9-5-6-14(22)24-10-13(21)20-17(4,11-18)12-7-8-12/h12H,5-10H2,1-4H3,(H,19,23)(H,20,21)/t17-/m1/s1. The van der Waals surface area contributed by atoms with Gasteiger partial charge < -0.3 is 20.1 Å². The Morgan fingerprint density at radius 1 is 1.20 bits per heavy atom. The highest BCUT2D eigenvalue weighted by molar-refractivity contribution is 5.81. The van der Waals surface area contributed by atoms with Crippen LogP contribution in [0.4, 0.5) is 4.79 Å². The Morgan fingerprint density at radius 3 is 2.36 bits per heavy atom. The van der Waals surface area contributed by atoms with Gasteiger partial charge in [0.15, 0.2) is 6.61 Å². The molecule has 2 amide bonds. The van der Waals surface area contributed by atoms with Gasteiger partial charge in [0.1, 0.15) is 11.1 Å². The Balaban J connectivity index is 2.15. The molecule has 1 rings (SSSR count). The number of carbonyl (C=O) groups excluding carboxylic acids is 3. The molecule has 0 aromatic heterocycles. The minimum absolute atomic E-state index is 0.0707. The molecule has 8 heteroatoms. The van der Waals surface area contributed by atoms with E-state index in [1.165, 1.54) is 0 Å². The average Bonchev–Trinajstić information content (AvgIpc) is 3.33. The third kappa shape index (κ3) is 8.38. The first kappa shape index (κ1) is 20.7. The first-order chi connectivity index (χ1) is 11.6. The van der Waals surface area contributed by atoms with Crippen molar-refractivity contribution >= 4 is 18.0 Å². The molecule has 0 radical (unpaired) electrons. The molecular weight excluding hydrogens is 326 g/mol. The minimum Gasteiger partial charge on any atom is -0.456 e. The number of hydrogen-bond donors (Lipinski definition) is 2. The molecule has 140 valence electrons. The van der Waals surface area contributed by atoms with E-state index in [1.807, 2.05) is 0 Å². The molecule has 1 aliphatic carbocycles. The molecule has 0 bridgehead atoms. The number of nitriles is 1. The summed E-state index contributed by atoms with van der Waals surface area (Å²) in [5, 5.41) is 14.3. The van der Waals surface area contributed by atoms with Crippen molar-refractivity contribution in [2.75, 3.05) is 13.2 Å². The Labute approximate surface area is 148 Å². The number of rotatable bonds is 8. The second kappa shape index (κ2) is 8.70. The topological polar surface area (TPSA) is 118 Å². The minimum atomic E-state index is -0.902. The molecule has 0 saturated heterocycles. The molecule has 1 aliphatic rings. The van der Waals surface area contributed by atoms with Crippen molar-refractivity contribution in [3.63, 3.8) is 0 Å². The van der Waals surface area contributed by atoms with Crippen molar-refractivity contribution in [1.82, 2.24) is 10.6 Å². The van der Waals surface area contributed by atoms with Crippen molar-refractivity contribution < 1.29 is 23.9 Å². The van der Waals surface area contributed by atoms with Crippen LogP contribution in [0, 0.1) is 17.2 Å². The van der Waals surface area contributed by atoms with E-state index in [1.54, 1.807) is 27.7 Å². The van der Waals surface area contributed by atoms with Crippen molar-refractivity contribution in [3.8, 4) is 6.07 Å². The summed E-state index contributed by atoms with van der Waals surface area (Å²) >= 11 is 0. The van der Waals surface area contributed by atoms with Crippen LogP contribution in [0.1, 0.15) is 53.4 Å². The van der Waals surface area contributed by atoms with E-state index in [2.05, 4.69) is 16.7 Å². The van der Waals surface area contributed by atoms with Crippen LogP contribution < -0.4 is 10.6 Å². The van der Waals surface area contributed by atoms with E-state index in [4.69, 9.17) is 14.7 Å². The number of amides is 2. The molecule has 0 aromatic rings. The summed E-state index contributed by atoms with van der Waals surface area (Å²) in [6.07, 6.45) is 1.72. The summed E-state index contributed by atoms with van der Waals surface area (Å²) in [4.78, 5) is 34.8. The molecule has 2 N–H and O–H groups in total. The third-order valence-corrected chi connectivity index (χ3v) is 3.62. The predicted octanol–water partition coefficient (Wildman–Crippen LogP) is 1.64. The quantitative estimate of drug-likeness (QED) is 0.506. The summed E-state index contributed by atoms with van der Waals surface area (Å²) in [6.45, 7) is 6.81. The fraction of sp³-hybridized carbons (Fsp3) is 0.765. The highest BCUT2D eigenvalue weighted by atomic mass is 16.6. The van der Waals surface area contributed by atoms with E-state index in [9.17, 15) is 14.4 Å². The lowest BCUT2D eigenvalue weighted by molar-refractivity contribution is -0.149. The number of alkyl carbamates (subject to hydrolysis) is 1. The molecule has 0 unspecified atom stereocenters. The van der Waals surface area contributed by atoms with Gasteiger partial charge in [-0.25, -0.2) is 4.79 Å². The van der Waals surface area contributed by atoms with Gasteiger partial charge in [-0.05, 0) is 52.9 Å². The van der Waals surface area contributed by atoms with Crippen LogP contribution in [-0.2, 0) is 19.1 Å². The molecule has 0 heterocycles. The molecule has 25 heavy (non-hydrogen) atoms. The van der Waals surface area contributed by atoms with E-state index in [-0.39, 0.29) is 18.9 Å². The van der Waals surface area contributed by atoms with Crippen LogP contribution >= 0.6 is 0 Å². The SMILES string of the molecule is CC(C)(C)OC(=O)NCCCC(=O)OCC(=O)N[C@](C)(C#N)C1CC1. The highest BCUT2D eigenvalue weighted by Crippen LogP contribution is 2.39. The van der Waals surface area contributed by atoms with Gasteiger partial charge in [-0.2, -0.15) is 5.26 Å². The van der Waals surface area contributed by atoms with E-state index >= 15 is 0 Å². The third-order valence-electron chi connectivity index (χ3n) is 3.62. The number of nitrogens with one attached hydrogen (secondary N) is 2. The first-order valence-corrected chi connectivity index (χ1v) is 8.40. The lowest BCUT2D eigenvalue weighted by Crippen LogP contribution is -2.48. The molecule has 0 spiro atoms. The van der Waals surface area contributed by atoms with Gasteiger partial charge in [0.05, 0.1) is 6.07 Å². The molecule has 1 saturated carbocycles. The Hall–Kier alpha value is -2.30. The molecular formula is C17H27N3O5. The van der Waals surface area contributed by atoms with Crippen LogP contribution in [-0.4, -0.2) is 42.3 Å². The van der Waals surface area contributed by atoms with Gasteiger partial charge in [0.2, 0.25) is 0 Å². The molecule has 0 aliphatic heterocycles. The normalized spacial score (nSPS) is 16.1. The summed E-state index contributed by atoms with van der Waals surface area (Å²) in [7, 11) is 0. The Morgan fingerprint density at radius 2 is 1.84 bits per heavy atom. The van der Waals surface area contributed by atoms with Crippen LogP contribution in [0.15, 0.2) is 0 Å². The summed E-state index contributed by atoms with van der Waals surface area (Å²) in [5.41, 5.74) is -1.48.